The number of hydroxylamine groups is 1. The zero-order valence-electron chi connectivity index (χ0n) is 7.87. The lowest BCUT2D eigenvalue weighted by Gasteiger charge is -2.16. The number of anilines is 1. The highest BCUT2D eigenvalue weighted by molar-refractivity contribution is 5.45. The quantitative estimate of drug-likeness (QED) is 0.637. The summed E-state index contributed by atoms with van der Waals surface area (Å²) in [5.41, 5.74) is 2.42. The molecule has 12 heavy (non-hydrogen) atoms. The largest absolute Gasteiger partial charge is 0.277 e. The van der Waals surface area contributed by atoms with Crippen LogP contribution in [0.3, 0.4) is 0 Å². The van der Waals surface area contributed by atoms with Crippen LogP contribution in [0.15, 0.2) is 24.3 Å². The van der Waals surface area contributed by atoms with E-state index in [2.05, 4.69) is 19.1 Å². The predicted octanol–water partition coefficient (Wildman–Crippen LogP) is 2.25. The minimum atomic E-state index is 1.06. The molecule has 0 unspecified atom stereocenters. The fourth-order valence-electron chi connectivity index (χ4n) is 1.08. The molecule has 0 aliphatic carbocycles. The van der Waals surface area contributed by atoms with Gasteiger partial charge in [-0.15, -0.1) is 0 Å². The lowest BCUT2D eigenvalue weighted by molar-refractivity contribution is 0.184. The third-order valence-electron chi connectivity index (χ3n) is 1.96. The van der Waals surface area contributed by atoms with Crippen molar-refractivity contribution in [1.29, 1.82) is 0 Å². The topological polar surface area (TPSA) is 12.5 Å². The predicted molar refractivity (Wildman–Crippen MR) is 51.2 cm³/mol. The van der Waals surface area contributed by atoms with Crippen LogP contribution in [0.2, 0.25) is 0 Å². The van der Waals surface area contributed by atoms with Gasteiger partial charge in [-0.3, -0.25) is 9.90 Å². The van der Waals surface area contributed by atoms with E-state index in [1.807, 2.05) is 19.2 Å². The van der Waals surface area contributed by atoms with Gasteiger partial charge in [0.15, 0.2) is 0 Å². The van der Waals surface area contributed by atoms with Crippen LogP contribution in [0.1, 0.15) is 12.5 Å². The SMILES string of the molecule is CCc1cccc(N(C)OC)c1. The highest BCUT2D eigenvalue weighted by atomic mass is 16.7. The molecule has 0 radical (unpaired) electrons. The first-order valence-corrected chi connectivity index (χ1v) is 4.14. The maximum absolute atomic E-state index is 5.07. The van der Waals surface area contributed by atoms with Gasteiger partial charge >= 0.3 is 0 Å². The summed E-state index contributed by atoms with van der Waals surface area (Å²) in [7, 11) is 3.56. The molecule has 0 saturated heterocycles. The van der Waals surface area contributed by atoms with Crippen LogP contribution in [-0.4, -0.2) is 14.2 Å². The van der Waals surface area contributed by atoms with Gasteiger partial charge in [0, 0.05) is 7.05 Å². The summed E-state index contributed by atoms with van der Waals surface area (Å²) in [5.74, 6) is 0. The van der Waals surface area contributed by atoms with Gasteiger partial charge in [-0.25, -0.2) is 0 Å². The van der Waals surface area contributed by atoms with Crippen molar-refractivity contribution in [2.24, 2.45) is 0 Å². The molecule has 0 fully saturated rings. The van der Waals surface area contributed by atoms with Gasteiger partial charge in [0.2, 0.25) is 0 Å². The van der Waals surface area contributed by atoms with Gasteiger partial charge in [0.1, 0.15) is 0 Å². The Morgan fingerprint density at radius 2 is 2.17 bits per heavy atom. The Bertz CT molecular complexity index is 247. The van der Waals surface area contributed by atoms with Gasteiger partial charge in [-0.05, 0) is 24.1 Å². The molecule has 0 bridgehead atoms. The number of hydrogen-bond acceptors (Lipinski definition) is 2. The van der Waals surface area contributed by atoms with E-state index >= 15 is 0 Å². The van der Waals surface area contributed by atoms with E-state index in [0.717, 1.165) is 12.1 Å². The molecular formula is C10H15NO. The Hall–Kier alpha value is -1.02. The average molecular weight is 165 g/mol. The second-order valence-electron chi connectivity index (χ2n) is 2.70. The molecule has 1 aromatic rings. The van der Waals surface area contributed by atoms with Crippen molar-refractivity contribution in [2.75, 3.05) is 19.2 Å². The van der Waals surface area contributed by atoms with E-state index in [9.17, 15) is 0 Å². The molecule has 1 aromatic carbocycles. The molecule has 2 heteroatoms. The highest BCUT2D eigenvalue weighted by Gasteiger charge is 1.98. The first kappa shape index (κ1) is 9.07. The summed E-state index contributed by atoms with van der Waals surface area (Å²) in [6.07, 6.45) is 1.06. The minimum absolute atomic E-state index is 1.06. The third kappa shape index (κ3) is 1.98. The van der Waals surface area contributed by atoms with Crippen molar-refractivity contribution >= 4 is 5.69 Å². The number of hydrogen-bond donors (Lipinski definition) is 0. The second-order valence-corrected chi connectivity index (χ2v) is 2.70. The number of rotatable bonds is 3. The van der Waals surface area contributed by atoms with Crippen LogP contribution in [0.4, 0.5) is 5.69 Å². The molecule has 0 amide bonds. The molecule has 1 rings (SSSR count). The molecule has 0 spiro atoms. The molecule has 0 aromatic heterocycles. The maximum atomic E-state index is 5.07. The fourth-order valence-corrected chi connectivity index (χ4v) is 1.08. The van der Waals surface area contributed by atoms with Gasteiger partial charge in [0.25, 0.3) is 0 Å². The van der Waals surface area contributed by atoms with Crippen molar-refractivity contribution < 1.29 is 4.84 Å². The smallest absolute Gasteiger partial charge is 0.0638 e. The summed E-state index contributed by atoms with van der Waals surface area (Å²) in [6.45, 7) is 2.14. The molecule has 0 N–H and O–H groups in total. The molecule has 0 atom stereocenters. The van der Waals surface area contributed by atoms with Crippen LogP contribution >= 0.6 is 0 Å². The van der Waals surface area contributed by atoms with Crippen molar-refractivity contribution in [3.63, 3.8) is 0 Å². The van der Waals surface area contributed by atoms with Gasteiger partial charge in [0.05, 0.1) is 12.8 Å². The van der Waals surface area contributed by atoms with Crippen molar-refractivity contribution in [2.45, 2.75) is 13.3 Å². The van der Waals surface area contributed by atoms with E-state index < -0.39 is 0 Å². The molecular weight excluding hydrogens is 150 g/mol. The van der Waals surface area contributed by atoms with E-state index in [4.69, 9.17) is 4.84 Å². The van der Waals surface area contributed by atoms with Crippen LogP contribution in [0.25, 0.3) is 0 Å². The third-order valence-corrected chi connectivity index (χ3v) is 1.96. The molecule has 0 aliphatic heterocycles. The van der Waals surface area contributed by atoms with Crippen LogP contribution in [-0.2, 0) is 11.3 Å². The number of benzene rings is 1. The van der Waals surface area contributed by atoms with Gasteiger partial charge < -0.3 is 0 Å². The Labute approximate surface area is 73.7 Å². The summed E-state index contributed by atoms with van der Waals surface area (Å²) >= 11 is 0. The van der Waals surface area contributed by atoms with E-state index in [1.54, 1.807) is 12.2 Å². The van der Waals surface area contributed by atoms with Crippen LogP contribution < -0.4 is 5.06 Å². The maximum Gasteiger partial charge on any atom is 0.0638 e. The Morgan fingerprint density at radius 1 is 1.42 bits per heavy atom. The number of nitrogens with zero attached hydrogens (tertiary/aromatic N) is 1. The average Bonchev–Trinajstić information content (AvgIpc) is 2.17. The standard InChI is InChI=1S/C10H15NO/c1-4-9-6-5-7-10(8-9)11(2)12-3/h5-8H,4H2,1-3H3. The van der Waals surface area contributed by atoms with Crippen molar-refractivity contribution in [3.8, 4) is 0 Å². The summed E-state index contributed by atoms with van der Waals surface area (Å²) in [4.78, 5) is 5.07. The second kappa shape index (κ2) is 4.12. The van der Waals surface area contributed by atoms with E-state index in [0.29, 0.717) is 0 Å². The van der Waals surface area contributed by atoms with Crippen molar-refractivity contribution in [3.05, 3.63) is 29.8 Å². The van der Waals surface area contributed by atoms with Crippen LogP contribution in [0, 0.1) is 0 Å². The monoisotopic (exact) mass is 165 g/mol. The molecule has 66 valence electrons. The summed E-state index contributed by atoms with van der Waals surface area (Å²) in [6, 6.07) is 8.32. The lowest BCUT2D eigenvalue weighted by atomic mass is 10.1. The highest BCUT2D eigenvalue weighted by Crippen LogP contribution is 2.14. The minimum Gasteiger partial charge on any atom is -0.277 e. The first-order valence-electron chi connectivity index (χ1n) is 4.14. The van der Waals surface area contributed by atoms with Gasteiger partial charge in [-0.2, -0.15) is 0 Å². The fraction of sp³-hybridized carbons (Fsp3) is 0.400. The molecule has 0 aliphatic rings. The zero-order chi connectivity index (χ0) is 8.97. The van der Waals surface area contributed by atoms with Gasteiger partial charge in [-0.1, -0.05) is 19.1 Å². The molecule has 2 nitrogen and oxygen atoms in total. The Kier molecular flexibility index (Phi) is 3.11. The number of aryl methyl sites for hydroxylation is 1. The Morgan fingerprint density at radius 3 is 2.75 bits per heavy atom. The van der Waals surface area contributed by atoms with E-state index in [-0.39, 0.29) is 0 Å². The molecule has 0 heterocycles. The summed E-state index contributed by atoms with van der Waals surface area (Å²) in [5, 5.41) is 1.75. The normalized spacial score (nSPS) is 9.92. The van der Waals surface area contributed by atoms with Crippen molar-refractivity contribution in [1.82, 2.24) is 0 Å². The Balaban J connectivity index is 2.86. The lowest BCUT2D eigenvalue weighted by Crippen LogP contribution is -2.14. The summed E-state index contributed by atoms with van der Waals surface area (Å²) < 4.78 is 0. The zero-order valence-corrected chi connectivity index (χ0v) is 7.87. The van der Waals surface area contributed by atoms with Crippen LogP contribution in [0.5, 0.6) is 0 Å². The molecule has 0 saturated carbocycles. The first-order chi connectivity index (χ1) is 5.77. The van der Waals surface area contributed by atoms with E-state index in [1.165, 1.54) is 5.56 Å².